The number of carboxylic acids is 1. The molecule has 2 N–H and O–H groups in total. The molecule has 0 saturated heterocycles. The molecular weight excluding hydrogens is 392 g/mol. The van der Waals surface area contributed by atoms with Crippen molar-refractivity contribution in [3.05, 3.63) is 39.8 Å². The lowest BCUT2D eigenvalue weighted by Crippen LogP contribution is -2.37. The van der Waals surface area contributed by atoms with Gasteiger partial charge < -0.3 is 10.4 Å². The van der Waals surface area contributed by atoms with Crippen molar-refractivity contribution < 1.29 is 14.7 Å². The van der Waals surface area contributed by atoms with E-state index in [9.17, 15) is 9.59 Å². The van der Waals surface area contributed by atoms with Crippen molar-refractivity contribution in [2.75, 3.05) is 25.0 Å². The number of anilines is 1. The summed E-state index contributed by atoms with van der Waals surface area (Å²) in [6.07, 6.45) is 1.56. The third kappa shape index (κ3) is 5.85. The van der Waals surface area contributed by atoms with Gasteiger partial charge >= 0.3 is 5.97 Å². The summed E-state index contributed by atoms with van der Waals surface area (Å²) >= 11 is 6.67. The number of halogens is 2. The lowest BCUT2D eigenvalue weighted by molar-refractivity contribution is -0.138. The molecule has 0 spiro atoms. The fourth-order valence-electron chi connectivity index (χ4n) is 1.54. The maximum atomic E-state index is 11.9. The third-order valence-electron chi connectivity index (χ3n) is 2.32. The Labute approximate surface area is 133 Å². The van der Waals surface area contributed by atoms with E-state index in [4.69, 9.17) is 5.11 Å². The molecule has 1 amide bonds. The molecule has 0 aliphatic heterocycles. The Morgan fingerprint density at radius 1 is 1.35 bits per heavy atom. The number of carbonyl (C=O) groups is 2. The predicted molar refractivity (Wildman–Crippen MR) is 84.7 cm³/mol. The lowest BCUT2D eigenvalue weighted by atomic mass is 10.3. The molecule has 0 saturated carbocycles. The standard InChI is InChI=1S/C13H14Br2N2O3/c1-2-5-17(8-13(19)20)7-12(18)16-11-4-3-9(14)6-10(11)15/h2-4,6H,1,5,7-8H2,(H,16,18)(H,19,20). The van der Waals surface area contributed by atoms with Crippen LogP contribution < -0.4 is 5.32 Å². The van der Waals surface area contributed by atoms with E-state index in [1.165, 1.54) is 4.90 Å². The summed E-state index contributed by atoms with van der Waals surface area (Å²) in [5.74, 6) is -1.26. The van der Waals surface area contributed by atoms with Crippen molar-refractivity contribution in [1.29, 1.82) is 0 Å². The molecule has 1 aromatic rings. The van der Waals surface area contributed by atoms with Crippen LogP contribution in [0.15, 0.2) is 39.8 Å². The number of nitrogens with zero attached hydrogens (tertiary/aromatic N) is 1. The second-order valence-corrected chi connectivity index (χ2v) is 5.79. The highest BCUT2D eigenvalue weighted by Gasteiger charge is 2.13. The molecule has 0 unspecified atom stereocenters. The fraction of sp³-hybridized carbons (Fsp3) is 0.231. The molecule has 1 aromatic carbocycles. The number of benzene rings is 1. The van der Waals surface area contributed by atoms with Gasteiger partial charge in [0, 0.05) is 15.5 Å². The fourth-order valence-corrected chi connectivity index (χ4v) is 2.69. The number of nitrogens with one attached hydrogen (secondary N) is 1. The van der Waals surface area contributed by atoms with E-state index in [2.05, 4.69) is 43.8 Å². The minimum Gasteiger partial charge on any atom is -0.480 e. The van der Waals surface area contributed by atoms with Crippen LogP contribution in [0.1, 0.15) is 0 Å². The Hall–Kier alpha value is -1.18. The van der Waals surface area contributed by atoms with Crippen molar-refractivity contribution in [2.45, 2.75) is 0 Å². The zero-order valence-corrected chi connectivity index (χ0v) is 13.8. The summed E-state index contributed by atoms with van der Waals surface area (Å²) in [7, 11) is 0. The number of rotatable bonds is 7. The average Bonchev–Trinajstić information content (AvgIpc) is 2.32. The monoisotopic (exact) mass is 404 g/mol. The van der Waals surface area contributed by atoms with E-state index in [1.54, 1.807) is 18.2 Å². The second-order valence-electron chi connectivity index (χ2n) is 4.02. The largest absolute Gasteiger partial charge is 0.480 e. The maximum absolute atomic E-state index is 11.9. The van der Waals surface area contributed by atoms with Crippen LogP contribution in [-0.2, 0) is 9.59 Å². The highest BCUT2D eigenvalue weighted by atomic mass is 79.9. The van der Waals surface area contributed by atoms with Gasteiger partial charge in [0.2, 0.25) is 5.91 Å². The summed E-state index contributed by atoms with van der Waals surface area (Å²) in [6.45, 7) is 3.66. The van der Waals surface area contributed by atoms with Crippen LogP contribution in [0.2, 0.25) is 0 Å². The molecule has 0 fully saturated rings. The van der Waals surface area contributed by atoms with Crippen molar-refractivity contribution >= 4 is 49.4 Å². The van der Waals surface area contributed by atoms with Gasteiger partial charge in [0.25, 0.3) is 0 Å². The first-order valence-electron chi connectivity index (χ1n) is 5.72. The van der Waals surface area contributed by atoms with Crippen LogP contribution in [0.3, 0.4) is 0 Å². The number of hydrogen-bond donors (Lipinski definition) is 2. The number of carbonyl (C=O) groups excluding carboxylic acids is 1. The van der Waals surface area contributed by atoms with Gasteiger partial charge in [-0.2, -0.15) is 0 Å². The van der Waals surface area contributed by atoms with Gasteiger partial charge in [0.15, 0.2) is 0 Å². The van der Waals surface area contributed by atoms with E-state index in [1.807, 2.05) is 6.07 Å². The Kier molecular flexibility index (Phi) is 6.90. The molecular formula is C13H14Br2N2O3. The van der Waals surface area contributed by atoms with Crippen LogP contribution in [0.25, 0.3) is 0 Å². The molecule has 5 nitrogen and oxygen atoms in total. The Balaban J connectivity index is 2.65. The third-order valence-corrected chi connectivity index (χ3v) is 3.47. The van der Waals surface area contributed by atoms with E-state index in [0.29, 0.717) is 12.2 Å². The molecule has 7 heteroatoms. The highest BCUT2D eigenvalue weighted by Crippen LogP contribution is 2.26. The van der Waals surface area contributed by atoms with Gasteiger partial charge in [0.05, 0.1) is 18.8 Å². The average molecular weight is 406 g/mol. The second kappa shape index (κ2) is 8.18. The van der Waals surface area contributed by atoms with E-state index >= 15 is 0 Å². The normalized spacial score (nSPS) is 10.3. The van der Waals surface area contributed by atoms with Crippen molar-refractivity contribution in [3.63, 3.8) is 0 Å². The van der Waals surface area contributed by atoms with Crippen molar-refractivity contribution in [3.8, 4) is 0 Å². The number of carboxylic acid groups (broad SMARTS) is 1. The molecule has 0 aromatic heterocycles. The molecule has 20 heavy (non-hydrogen) atoms. The minimum absolute atomic E-state index is 0.0131. The molecule has 0 aliphatic carbocycles. The summed E-state index contributed by atoms with van der Waals surface area (Å²) in [5, 5.41) is 11.5. The number of amides is 1. The molecule has 0 atom stereocenters. The predicted octanol–water partition coefficient (Wildman–Crippen LogP) is 2.72. The van der Waals surface area contributed by atoms with Crippen molar-refractivity contribution in [1.82, 2.24) is 4.90 Å². The number of hydrogen-bond acceptors (Lipinski definition) is 3. The van der Waals surface area contributed by atoms with E-state index in [-0.39, 0.29) is 19.0 Å². The minimum atomic E-state index is -0.982. The summed E-state index contributed by atoms with van der Waals surface area (Å²) in [4.78, 5) is 24.1. The van der Waals surface area contributed by atoms with Crippen LogP contribution in [0.4, 0.5) is 5.69 Å². The van der Waals surface area contributed by atoms with E-state index in [0.717, 1.165) is 8.95 Å². The maximum Gasteiger partial charge on any atom is 0.317 e. The van der Waals surface area contributed by atoms with Gasteiger partial charge in [-0.05, 0) is 34.1 Å². The van der Waals surface area contributed by atoms with Gasteiger partial charge in [-0.1, -0.05) is 22.0 Å². The lowest BCUT2D eigenvalue weighted by Gasteiger charge is -2.18. The summed E-state index contributed by atoms with van der Waals surface area (Å²) in [5.41, 5.74) is 0.632. The zero-order chi connectivity index (χ0) is 15.1. The first-order valence-corrected chi connectivity index (χ1v) is 7.31. The molecule has 108 valence electrons. The summed E-state index contributed by atoms with van der Waals surface area (Å²) in [6, 6.07) is 5.37. The van der Waals surface area contributed by atoms with Crippen molar-refractivity contribution in [2.24, 2.45) is 0 Å². The zero-order valence-electron chi connectivity index (χ0n) is 10.6. The molecule has 0 heterocycles. The Morgan fingerprint density at radius 3 is 2.60 bits per heavy atom. The van der Waals surface area contributed by atoms with Gasteiger partial charge in [-0.3, -0.25) is 14.5 Å². The SMILES string of the molecule is C=CCN(CC(=O)O)CC(=O)Nc1ccc(Br)cc1Br. The van der Waals surface area contributed by atoms with Gasteiger partial charge in [-0.15, -0.1) is 6.58 Å². The topological polar surface area (TPSA) is 69.6 Å². The molecule has 0 aliphatic rings. The molecule has 0 bridgehead atoms. The van der Waals surface area contributed by atoms with Gasteiger partial charge in [0.1, 0.15) is 0 Å². The first kappa shape index (κ1) is 16.9. The van der Waals surface area contributed by atoms with Crippen LogP contribution in [-0.4, -0.2) is 41.5 Å². The molecule has 0 radical (unpaired) electrons. The Morgan fingerprint density at radius 2 is 2.05 bits per heavy atom. The quantitative estimate of drug-likeness (QED) is 0.684. The van der Waals surface area contributed by atoms with Crippen LogP contribution >= 0.6 is 31.9 Å². The Bertz CT molecular complexity index is 520. The van der Waals surface area contributed by atoms with E-state index < -0.39 is 5.97 Å². The highest BCUT2D eigenvalue weighted by molar-refractivity contribution is 9.11. The summed E-state index contributed by atoms with van der Waals surface area (Å²) < 4.78 is 1.63. The number of aliphatic carboxylic acids is 1. The van der Waals surface area contributed by atoms with Crippen LogP contribution in [0.5, 0.6) is 0 Å². The molecule has 1 rings (SSSR count). The smallest absolute Gasteiger partial charge is 0.317 e. The van der Waals surface area contributed by atoms with Gasteiger partial charge in [-0.25, -0.2) is 0 Å². The first-order chi connectivity index (χ1) is 9.42. The van der Waals surface area contributed by atoms with Crippen LogP contribution in [0, 0.1) is 0 Å².